The van der Waals surface area contributed by atoms with Crippen LogP contribution in [0.5, 0.6) is 0 Å². The Balaban J connectivity index is 3.09. The Morgan fingerprint density at radius 3 is 2.69 bits per heavy atom. The van der Waals surface area contributed by atoms with Crippen molar-refractivity contribution in [2.75, 3.05) is 0 Å². The van der Waals surface area contributed by atoms with Crippen LogP contribution in [0, 0.1) is 0 Å². The van der Waals surface area contributed by atoms with Gasteiger partial charge in [0.2, 0.25) is 0 Å². The number of imidazole rings is 1. The van der Waals surface area contributed by atoms with E-state index in [0.29, 0.717) is 0 Å². The van der Waals surface area contributed by atoms with Gasteiger partial charge in [0, 0.05) is 6.20 Å². The van der Waals surface area contributed by atoms with Crippen molar-refractivity contribution in [1.82, 2.24) is 9.55 Å². The van der Waals surface area contributed by atoms with E-state index < -0.39 is 17.7 Å². The molecule has 1 rings (SSSR count). The number of alkyl halides is 3. The highest BCUT2D eigenvalue weighted by atomic mass is 19.4. The molecule has 0 amide bonds. The maximum atomic E-state index is 11.9. The van der Waals surface area contributed by atoms with Crippen LogP contribution >= 0.6 is 0 Å². The SMILES string of the molecule is C=Cn1cncc1C(=O)C(F)(F)F. The number of nitrogens with zero attached hydrogens (tertiary/aromatic N) is 2. The third kappa shape index (κ3) is 1.77. The number of carbonyl (C=O) groups is 1. The molecule has 0 saturated heterocycles. The molecule has 6 heteroatoms. The first-order valence-electron chi connectivity index (χ1n) is 3.22. The molecule has 0 N–H and O–H groups in total. The molecule has 0 bridgehead atoms. The Labute approximate surface area is 71.5 Å². The zero-order valence-electron chi connectivity index (χ0n) is 6.38. The second kappa shape index (κ2) is 3.04. The number of rotatable bonds is 2. The highest BCUT2D eigenvalue weighted by molar-refractivity contribution is 5.99. The molecule has 0 aliphatic rings. The molecule has 3 nitrogen and oxygen atoms in total. The Bertz CT molecular complexity index is 340. The van der Waals surface area contributed by atoms with Crippen molar-refractivity contribution >= 4 is 12.0 Å². The molecule has 70 valence electrons. The summed E-state index contributed by atoms with van der Waals surface area (Å²) in [6.07, 6.45) is -1.88. The summed E-state index contributed by atoms with van der Waals surface area (Å²) in [6, 6.07) is 0. The number of aromatic nitrogens is 2. The summed E-state index contributed by atoms with van der Waals surface area (Å²) in [6.45, 7) is 3.23. The van der Waals surface area contributed by atoms with Crippen LogP contribution in [0.4, 0.5) is 13.2 Å². The van der Waals surface area contributed by atoms with Gasteiger partial charge in [0.25, 0.3) is 5.78 Å². The fourth-order valence-corrected chi connectivity index (χ4v) is 0.771. The van der Waals surface area contributed by atoms with Crippen molar-refractivity contribution in [1.29, 1.82) is 0 Å². The maximum Gasteiger partial charge on any atom is 0.456 e. The molecular formula is C7H5F3N2O. The van der Waals surface area contributed by atoms with Crippen LogP contribution < -0.4 is 0 Å². The lowest BCUT2D eigenvalue weighted by Gasteiger charge is -2.04. The predicted octanol–water partition coefficient (Wildman–Crippen LogP) is 1.73. The Morgan fingerprint density at radius 1 is 1.62 bits per heavy atom. The fourth-order valence-electron chi connectivity index (χ4n) is 0.771. The molecule has 0 unspecified atom stereocenters. The monoisotopic (exact) mass is 190 g/mol. The van der Waals surface area contributed by atoms with Gasteiger partial charge >= 0.3 is 6.18 Å². The normalized spacial score (nSPS) is 11.3. The fraction of sp³-hybridized carbons (Fsp3) is 0.143. The number of halogens is 3. The van der Waals surface area contributed by atoms with Crippen LogP contribution in [0.1, 0.15) is 10.5 Å². The van der Waals surface area contributed by atoms with Gasteiger partial charge in [0.15, 0.2) is 0 Å². The van der Waals surface area contributed by atoms with Gasteiger partial charge in [-0.15, -0.1) is 0 Å². The highest BCUT2D eigenvalue weighted by Crippen LogP contribution is 2.21. The van der Waals surface area contributed by atoms with Crippen LogP contribution in [0.3, 0.4) is 0 Å². The van der Waals surface area contributed by atoms with E-state index in [-0.39, 0.29) is 0 Å². The molecule has 0 aliphatic carbocycles. The molecule has 1 heterocycles. The smallest absolute Gasteiger partial charge is 0.303 e. The van der Waals surface area contributed by atoms with E-state index >= 15 is 0 Å². The average Bonchev–Trinajstić information content (AvgIpc) is 2.48. The summed E-state index contributed by atoms with van der Waals surface area (Å²) in [5.41, 5.74) is -0.539. The van der Waals surface area contributed by atoms with Crippen LogP contribution in [-0.2, 0) is 0 Å². The number of Topliss-reactive ketones (excluding diaryl/α,β-unsaturated/α-hetero) is 1. The standard InChI is InChI=1S/C7H5F3N2O/c1-2-12-4-11-3-5(12)6(13)7(8,9)10/h2-4H,1H2. The number of hydrogen-bond donors (Lipinski definition) is 0. The quantitative estimate of drug-likeness (QED) is 0.665. The first kappa shape index (κ1) is 9.50. The van der Waals surface area contributed by atoms with Crippen LogP contribution in [-0.4, -0.2) is 21.5 Å². The summed E-state index contributed by atoms with van der Waals surface area (Å²) in [5, 5.41) is 0. The number of carbonyl (C=O) groups excluding carboxylic acids is 1. The van der Waals surface area contributed by atoms with Gasteiger partial charge in [0.1, 0.15) is 5.69 Å². The zero-order chi connectivity index (χ0) is 10.1. The number of hydrogen-bond acceptors (Lipinski definition) is 2. The van der Waals surface area contributed by atoms with Gasteiger partial charge in [0.05, 0.1) is 12.5 Å². The van der Waals surface area contributed by atoms with E-state index in [2.05, 4.69) is 11.6 Å². The van der Waals surface area contributed by atoms with E-state index in [0.717, 1.165) is 23.3 Å². The summed E-state index contributed by atoms with van der Waals surface area (Å²) in [5.74, 6) is -1.93. The zero-order valence-corrected chi connectivity index (χ0v) is 6.38. The predicted molar refractivity (Wildman–Crippen MR) is 39.0 cm³/mol. The first-order chi connectivity index (χ1) is 5.96. The minimum absolute atomic E-state index is 0.539. The minimum atomic E-state index is -4.87. The lowest BCUT2D eigenvalue weighted by atomic mass is 10.3. The Hall–Kier alpha value is -1.59. The molecule has 1 aromatic rings. The largest absolute Gasteiger partial charge is 0.456 e. The molecule has 0 atom stereocenters. The lowest BCUT2D eigenvalue weighted by molar-refractivity contribution is -0.0889. The van der Waals surface area contributed by atoms with Crippen molar-refractivity contribution in [3.05, 3.63) is 24.8 Å². The Kier molecular flexibility index (Phi) is 2.22. The van der Waals surface area contributed by atoms with E-state index in [1.54, 1.807) is 0 Å². The molecule has 0 aromatic carbocycles. The second-order valence-electron chi connectivity index (χ2n) is 2.20. The van der Waals surface area contributed by atoms with E-state index in [4.69, 9.17) is 0 Å². The highest BCUT2D eigenvalue weighted by Gasteiger charge is 2.40. The molecule has 1 aromatic heterocycles. The van der Waals surface area contributed by atoms with Crippen molar-refractivity contribution < 1.29 is 18.0 Å². The van der Waals surface area contributed by atoms with Crippen LogP contribution in [0.15, 0.2) is 19.1 Å². The first-order valence-corrected chi connectivity index (χ1v) is 3.22. The molecule has 0 spiro atoms. The molecule has 0 aliphatic heterocycles. The van der Waals surface area contributed by atoms with Crippen LogP contribution in [0.2, 0.25) is 0 Å². The van der Waals surface area contributed by atoms with Crippen molar-refractivity contribution in [2.45, 2.75) is 6.18 Å². The molecule has 0 fully saturated rings. The lowest BCUT2D eigenvalue weighted by Crippen LogP contribution is -2.24. The molecular weight excluding hydrogens is 185 g/mol. The van der Waals surface area contributed by atoms with Crippen molar-refractivity contribution in [3.8, 4) is 0 Å². The summed E-state index contributed by atoms with van der Waals surface area (Å²) in [4.78, 5) is 14.1. The van der Waals surface area contributed by atoms with Gasteiger partial charge in [-0.2, -0.15) is 13.2 Å². The molecule has 0 saturated carbocycles. The van der Waals surface area contributed by atoms with E-state index in [9.17, 15) is 18.0 Å². The van der Waals surface area contributed by atoms with Crippen molar-refractivity contribution in [2.24, 2.45) is 0 Å². The number of ketones is 1. The van der Waals surface area contributed by atoms with E-state index in [1.165, 1.54) is 0 Å². The summed E-state index contributed by atoms with van der Waals surface area (Å²) in [7, 11) is 0. The minimum Gasteiger partial charge on any atom is -0.303 e. The van der Waals surface area contributed by atoms with Gasteiger partial charge in [-0.05, 0) is 0 Å². The Morgan fingerprint density at radius 2 is 2.23 bits per heavy atom. The van der Waals surface area contributed by atoms with E-state index in [1.807, 2.05) is 0 Å². The van der Waals surface area contributed by atoms with Gasteiger partial charge in [-0.3, -0.25) is 4.79 Å². The van der Waals surface area contributed by atoms with Crippen molar-refractivity contribution in [3.63, 3.8) is 0 Å². The maximum absolute atomic E-state index is 11.9. The summed E-state index contributed by atoms with van der Waals surface area (Å²) >= 11 is 0. The third-order valence-corrected chi connectivity index (χ3v) is 1.35. The van der Waals surface area contributed by atoms with Gasteiger partial charge in [-0.1, -0.05) is 6.58 Å². The molecule has 13 heavy (non-hydrogen) atoms. The van der Waals surface area contributed by atoms with Gasteiger partial charge < -0.3 is 4.57 Å². The molecule has 0 radical (unpaired) electrons. The third-order valence-electron chi connectivity index (χ3n) is 1.35. The topological polar surface area (TPSA) is 34.9 Å². The van der Waals surface area contributed by atoms with Crippen LogP contribution in [0.25, 0.3) is 6.20 Å². The van der Waals surface area contributed by atoms with Gasteiger partial charge in [-0.25, -0.2) is 4.98 Å². The summed E-state index contributed by atoms with van der Waals surface area (Å²) < 4.78 is 36.6. The average molecular weight is 190 g/mol. The second-order valence-corrected chi connectivity index (χ2v) is 2.20.